The maximum Gasteiger partial charge on any atom is 0.305 e. The third kappa shape index (κ3) is 29.4. The van der Waals surface area contributed by atoms with Crippen molar-refractivity contribution in [1.29, 1.82) is 0 Å². The highest BCUT2D eigenvalue weighted by Gasteiger charge is 2.00. The van der Waals surface area contributed by atoms with Gasteiger partial charge >= 0.3 is 5.97 Å². The summed E-state index contributed by atoms with van der Waals surface area (Å²) in [6.45, 7) is 4.94. The lowest BCUT2D eigenvalue weighted by Gasteiger charge is -2.05. The number of unbranched alkanes of at least 4 members (excludes halogenated alkanes) is 24. The molecule has 0 amide bonds. The zero-order chi connectivity index (χ0) is 24.1. The first-order valence-corrected chi connectivity index (χ1v) is 15.5. The Kier molecular flexibility index (Phi) is 29.0. The van der Waals surface area contributed by atoms with Crippen LogP contribution in [0.3, 0.4) is 0 Å². The number of esters is 1. The monoisotopic (exact) mass is 466 g/mol. The number of rotatable bonds is 28. The Labute approximate surface area is 209 Å². The molecule has 0 unspecified atom stereocenters. The van der Waals surface area contributed by atoms with Crippen molar-refractivity contribution in [2.24, 2.45) is 0 Å². The molecule has 0 radical (unpaired) electrons. The van der Waals surface area contributed by atoms with Crippen LogP contribution in [-0.2, 0) is 9.53 Å². The highest BCUT2D eigenvalue weighted by atomic mass is 16.5. The molecule has 0 spiro atoms. The molecule has 0 heterocycles. The van der Waals surface area contributed by atoms with Crippen molar-refractivity contribution in [3.05, 3.63) is 0 Å². The van der Waals surface area contributed by atoms with Crippen molar-refractivity contribution < 1.29 is 9.53 Å². The molecule has 0 aromatic heterocycles. The topological polar surface area (TPSA) is 26.3 Å². The van der Waals surface area contributed by atoms with Crippen LogP contribution in [0.1, 0.15) is 187 Å². The van der Waals surface area contributed by atoms with Gasteiger partial charge in [-0.25, -0.2) is 0 Å². The highest BCUT2D eigenvalue weighted by molar-refractivity contribution is 5.69. The number of hydrogen-bond acceptors (Lipinski definition) is 2. The molecule has 198 valence electrons. The summed E-state index contributed by atoms with van der Waals surface area (Å²) >= 11 is 0. The Hall–Kier alpha value is -0.530. The van der Waals surface area contributed by atoms with Gasteiger partial charge in [-0.2, -0.15) is 0 Å². The molecule has 0 aromatic carbocycles. The van der Waals surface area contributed by atoms with E-state index in [0.29, 0.717) is 13.0 Å². The van der Waals surface area contributed by atoms with Crippen LogP contribution >= 0.6 is 0 Å². The first-order chi connectivity index (χ1) is 16.3. The SMILES string of the molecule is CCCCCCCCCCCCCCCCCCCCCCCCCCCOC(=O)CCC. The molecule has 0 aliphatic rings. The molecule has 33 heavy (non-hydrogen) atoms. The summed E-state index contributed by atoms with van der Waals surface area (Å²) in [7, 11) is 0. The van der Waals surface area contributed by atoms with Crippen molar-refractivity contribution >= 4 is 5.97 Å². The fourth-order valence-corrected chi connectivity index (χ4v) is 4.70. The molecule has 0 saturated carbocycles. The van der Waals surface area contributed by atoms with Crippen LogP contribution in [0, 0.1) is 0 Å². The molecular weight excluding hydrogens is 404 g/mol. The van der Waals surface area contributed by atoms with Gasteiger partial charge in [-0.1, -0.05) is 168 Å². The molecule has 2 nitrogen and oxygen atoms in total. The van der Waals surface area contributed by atoms with Crippen LogP contribution in [0.25, 0.3) is 0 Å². The van der Waals surface area contributed by atoms with Crippen LogP contribution < -0.4 is 0 Å². The summed E-state index contributed by atoms with van der Waals surface area (Å²) in [4.78, 5) is 11.3. The number of ether oxygens (including phenoxy) is 1. The molecule has 0 atom stereocenters. The van der Waals surface area contributed by atoms with E-state index in [-0.39, 0.29) is 5.97 Å². The van der Waals surface area contributed by atoms with Gasteiger partial charge in [0.1, 0.15) is 0 Å². The predicted octanol–water partition coefficient (Wildman–Crippen LogP) is 11.1. The van der Waals surface area contributed by atoms with E-state index in [1.165, 1.54) is 154 Å². The smallest absolute Gasteiger partial charge is 0.305 e. The number of carbonyl (C=O) groups excluding carboxylic acids is 1. The van der Waals surface area contributed by atoms with Gasteiger partial charge in [0.25, 0.3) is 0 Å². The summed E-state index contributed by atoms with van der Waals surface area (Å²) < 4.78 is 5.20. The van der Waals surface area contributed by atoms with E-state index in [4.69, 9.17) is 4.74 Å². The summed E-state index contributed by atoms with van der Waals surface area (Å²) in [6, 6.07) is 0. The second kappa shape index (κ2) is 29.5. The molecule has 0 aromatic rings. The van der Waals surface area contributed by atoms with E-state index < -0.39 is 0 Å². The standard InChI is InChI=1S/C31H62O2/c1-3-5-6-7-8-9-10-11-12-13-14-15-16-17-18-19-20-21-22-23-24-25-26-27-28-30-33-31(32)29-4-2/h3-30H2,1-2H3. The van der Waals surface area contributed by atoms with Crippen LogP contribution in [0.15, 0.2) is 0 Å². The zero-order valence-corrected chi connectivity index (χ0v) is 23.1. The van der Waals surface area contributed by atoms with Gasteiger partial charge in [0, 0.05) is 6.42 Å². The van der Waals surface area contributed by atoms with E-state index in [1.807, 2.05) is 6.92 Å². The second-order valence-corrected chi connectivity index (χ2v) is 10.5. The van der Waals surface area contributed by atoms with Gasteiger partial charge < -0.3 is 4.74 Å². The second-order valence-electron chi connectivity index (χ2n) is 10.5. The minimum Gasteiger partial charge on any atom is -0.466 e. The van der Waals surface area contributed by atoms with Crippen molar-refractivity contribution in [3.63, 3.8) is 0 Å². The Morgan fingerprint density at radius 3 is 0.939 bits per heavy atom. The molecule has 0 aliphatic carbocycles. The lowest BCUT2D eigenvalue weighted by molar-refractivity contribution is -0.143. The normalized spacial score (nSPS) is 11.2. The van der Waals surface area contributed by atoms with Gasteiger partial charge in [-0.15, -0.1) is 0 Å². The Bertz CT molecular complexity index is 366. The van der Waals surface area contributed by atoms with E-state index in [0.717, 1.165) is 12.8 Å². The fraction of sp³-hybridized carbons (Fsp3) is 0.968. The minimum absolute atomic E-state index is 0.0261. The fourth-order valence-electron chi connectivity index (χ4n) is 4.70. The number of hydrogen-bond donors (Lipinski definition) is 0. The predicted molar refractivity (Wildman–Crippen MR) is 147 cm³/mol. The molecule has 0 rings (SSSR count). The molecule has 2 heteroatoms. The molecule has 0 saturated heterocycles. The van der Waals surface area contributed by atoms with Crippen LogP contribution in [-0.4, -0.2) is 12.6 Å². The van der Waals surface area contributed by atoms with Crippen LogP contribution in [0.5, 0.6) is 0 Å². The van der Waals surface area contributed by atoms with Crippen LogP contribution in [0.2, 0.25) is 0 Å². The van der Waals surface area contributed by atoms with Crippen molar-refractivity contribution in [1.82, 2.24) is 0 Å². The lowest BCUT2D eigenvalue weighted by Crippen LogP contribution is -2.04. The summed E-state index contributed by atoms with van der Waals surface area (Å²) in [5.74, 6) is -0.0261. The van der Waals surface area contributed by atoms with E-state index in [9.17, 15) is 4.79 Å². The summed E-state index contributed by atoms with van der Waals surface area (Å²) in [5.41, 5.74) is 0. The van der Waals surface area contributed by atoms with E-state index in [2.05, 4.69) is 6.92 Å². The number of carbonyl (C=O) groups is 1. The van der Waals surface area contributed by atoms with E-state index >= 15 is 0 Å². The highest BCUT2D eigenvalue weighted by Crippen LogP contribution is 2.15. The lowest BCUT2D eigenvalue weighted by atomic mass is 10.0. The van der Waals surface area contributed by atoms with Gasteiger partial charge in [0.15, 0.2) is 0 Å². The average Bonchev–Trinajstić information content (AvgIpc) is 2.81. The Morgan fingerprint density at radius 1 is 0.394 bits per heavy atom. The van der Waals surface area contributed by atoms with E-state index in [1.54, 1.807) is 0 Å². The largest absolute Gasteiger partial charge is 0.466 e. The molecule has 0 N–H and O–H groups in total. The van der Waals surface area contributed by atoms with Crippen molar-refractivity contribution in [2.75, 3.05) is 6.61 Å². The maximum atomic E-state index is 11.3. The quantitative estimate of drug-likeness (QED) is 0.0846. The molecule has 0 bridgehead atoms. The summed E-state index contributed by atoms with van der Waals surface area (Å²) in [6.07, 6.45) is 36.8. The molecular formula is C31H62O2. The van der Waals surface area contributed by atoms with Gasteiger partial charge in [-0.3, -0.25) is 4.79 Å². The summed E-state index contributed by atoms with van der Waals surface area (Å²) in [5, 5.41) is 0. The van der Waals surface area contributed by atoms with Crippen LogP contribution in [0.4, 0.5) is 0 Å². The van der Waals surface area contributed by atoms with Crippen molar-refractivity contribution in [2.45, 2.75) is 187 Å². The first-order valence-electron chi connectivity index (χ1n) is 15.5. The molecule has 0 aliphatic heterocycles. The first kappa shape index (κ1) is 32.5. The zero-order valence-electron chi connectivity index (χ0n) is 23.1. The van der Waals surface area contributed by atoms with Crippen molar-refractivity contribution in [3.8, 4) is 0 Å². The Balaban J connectivity index is 3.03. The molecule has 0 fully saturated rings. The Morgan fingerprint density at radius 2 is 0.667 bits per heavy atom. The minimum atomic E-state index is -0.0261. The van der Waals surface area contributed by atoms with Gasteiger partial charge in [0.05, 0.1) is 6.61 Å². The van der Waals surface area contributed by atoms with Gasteiger partial charge in [0.2, 0.25) is 0 Å². The third-order valence-corrected chi connectivity index (χ3v) is 6.97. The maximum absolute atomic E-state index is 11.3. The third-order valence-electron chi connectivity index (χ3n) is 6.97. The average molecular weight is 467 g/mol. The van der Waals surface area contributed by atoms with Gasteiger partial charge in [-0.05, 0) is 12.8 Å².